The molecule has 0 amide bonds. The van der Waals surface area contributed by atoms with Crippen molar-refractivity contribution in [1.82, 2.24) is 4.57 Å². The third kappa shape index (κ3) is 3.51. The third-order valence-electron chi connectivity index (χ3n) is 3.97. The fourth-order valence-electron chi connectivity index (χ4n) is 2.82. The lowest BCUT2D eigenvalue weighted by Crippen LogP contribution is -2.13. The average molecular weight is 363 g/mol. The maximum atomic E-state index is 12.9. The Morgan fingerprint density at radius 3 is 2.62 bits per heavy atom. The van der Waals surface area contributed by atoms with Gasteiger partial charge in [-0.05, 0) is 42.8 Å². The molecule has 2 aromatic carbocycles. The summed E-state index contributed by atoms with van der Waals surface area (Å²) in [5.74, 6) is -0.577. The van der Waals surface area contributed by atoms with Gasteiger partial charge in [-0.25, -0.2) is 4.79 Å². The topological polar surface area (TPSA) is 51.5 Å². The molecule has 0 bridgehead atoms. The minimum Gasteiger partial charge on any atom is -0.508 e. The second kappa shape index (κ2) is 6.74. The molecule has 7 heteroatoms. The molecule has 0 saturated heterocycles. The average Bonchev–Trinajstić information content (AvgIpc) is 2.93. The van der Waals surface area contributed by atoms with Crippen LogP contribution in [0.4, 0.5) is 13.2 Å². The van der Waals surface area contributed by atoms with E-state index in [2.05, 4.69) is 0 Å². The fraction of sp³-hybridized carbons (Fsp3) is 0.211. The van der Waals surface area contributed by atoms with Crippen molar-refractivity contribution in [3.8, 4) is 5.75 Å². The van der Waals surface area contributed by atoms with Crippen molar-refractivity contribution in [2.45, 2.75) is 19.6 Å². The van der Waals surface area contributed by atoms with E-state index in [1.165, 1.54) is 18.2 Å². The number of rotatable bonds is 4. The molecular weight excluding hydrogens is 347 g/mol. The van der Waals surface area contributed by atoms with Gasteiger partial charge in [0.25, 0.3) is 0 Å². The summed E-state index contributed by atoms with van der Waals surface area (Å²) in [6, 6.07) is 11.1. The van der Waals surface area contributed by atoms with Crippen LogP contribution in [0, 0.1) is 0 Å². The zero-order valence-electron chi connectivity index (χ0n) is 13.9. The summed E-state index contributed by atoms with van der Waals surface area (Å²) in [5.41, 5.74) is 0.369. The highest BCUT2D eigenvalue weighted by Gasteiger charge is 2.30. The predicted octanol–water partition coefficient (Wildman–Crippen LogP) is 4.59. The Bertz CT molecular complexity index is 960. The Balaban J connectivity index is 2.10. The van der Waals surface area contributed by atoms with Crippen LogP contribution in [0.1, 0.15) is 28.5 Å². The molecule has 136 valence electrons. The molecule has 26 heavy (non-hydrogen) atoms. The minimum absolute atomic E-state index is 0.00342. The monoisotopic (exact) mass is 363 g/mol. The van der Waals surface area contributed by atoms with Gasteiger partial charge in [0, 0.05) is 18.0 Å². The molecular formula is C19H16F3NO3. The number of fused-ring (bicyclic) bond motifs is 1. The number of nitrogens with zero attached hydrogens (tertiary/aromatic N) is 1. The van der Waals surface area contributed by atoms with Gasteiger partial charge in [0.1, 0.15) is 11.4 Å². The summed E-state index contributed by atoms with van der Waals surface area (Å²) in [5, 5.41) is 10.4. The first-order valence-corrected chi connectivity index (χ1v) is 7.95. The van der Waals surface area contributed by atoms with E-state index in [0.29, 0.717) is 16.5 Å². The van der Waals surface area contributed by atoms with Crippen molar-refractivity contribution in [2.24, 2.45) is 0 Å². The van der Waals surface area contributed by atoms with Gasteiger partial charge in [-0.2, -0.15) is 13.2 Å². The van der Waals surface area contributed by atoms with E-state index < -0.39 is 17.7 Å². The van der Waals surface area contributed by atoms with Gasteiger partial charge in [0.2, 0.25) is 0 Å². The number of hydrogen-bond donors (Lipinski definition) is 1. The Morgan fingerprint density at radius 2 is 1.92 bits per heavy atom. The van der Waals surface area contributed by atoms with Gasteiger partial charge in [-0.1, -0.05) is 12.1 Å². The van der Waals surface area contributed by atoms with Crippen LogP contribution >= 0.6 is 0 Å². The molecule has 1 heterocycles. The highest BCUT2D eigenvalue weighted by atomic mass is 19.4. The fourth-order valence-corrected chi connectivity index (χ4v) is 2.82. The van der Waals surface area contributed by atoms with Crippen LogP contribution < -0.4 is 0 Å². The number of hydrogen-bond acceptors (Lipinski definition) is 3. The molecule has 3 rings (SSSR count). The number of esters is 1. The van der Waals surface area contributed by atoms with Gasteiger partial charge in [-0.15, -0.1) is 0 Å². The lowest BCUT2D eigenvalue weighted by Gasteiger charge is -2.13. The number of phenols is 1. The summed E-state index contributed by atoms with van der Waals surface area (Å²) in [4.78, 5) is 12.3. The number of carbonyl (C=O) groups excluding carboxylic acids is 1. The van der Waals surface area contributed by atoms with Crippen molar-refractivity contribution < 1.29 is 27.8 Å². The van der Waals surface area contributed by atoms with Crippen molar-refractivity contribution in [1.29, 1.82) is 0 Å². The maximum Gasteiger partial charge on any atom is 0.416 e. The van der Waals surface area contributed by atoms with Crippen LogP contribution in [0.25, 0.3) is 10.9 Å². The molecule has 0 aliphatic carbocycles. The molecule has 0 aliphatic heterocycles. The first-order valence-electron chi connectivity index (χ1n) is 7.95. The lowest BCUT2D eigenvalue weighted by atomic mass is 10.1. The highest BCUT2D eigenvalue weighted by Crippen LogP contribution is 2.31. The van der Waals surface area contributed by atoms with Crippen LogP contribution in [0.5, 0.6) is 5.75 Å². The quantitative estimate of drug-likeness (QED) is 0.690. The Labute approximate surface area is 147 Å². The van der Waals surface area contributed by atoms with Gasteiger partial charge >= 0.3 is 12.1 Å². The molecule has 1 aromatic heterocycles. The van der Waals surface area contributed by atoms with Crippen LogP contribution in [-0.2, 0) is 17.5 Å². The molecule has 4 nitrogen and oxygen atoms in total. The second-order valence-corrected chi connectivity index (χ2v) is 5.78. The summed E-state index contributed by atoms with van der Waals surface area (Å²) in [6.07, 6.45) is -4.45. The number of alkyl halides is 3. The van der Waals surface area contributed by atoms with Gasteiger partial charge in [-0.3, -0.25) is 0 Å². The van der Waals surface area contributed by atoms with Crippen LogP contribution in [0.3, 0.4) is 0 Å². The summed E-state index contributed by atoms with van der Waals surface area (Å²) in [6.45, 7) is 1.88. The molecule has 0 saturated carbocycles. The molecule has 3 aromatic rings. The smallest absolute Gasteiger partial charge is 0.416 e. The van der Waals surface area contributed by atoms with Crippen molar-refractivity contribution in [3.63, 3.8) is 0 Å². The largest absolute Gasteiger partial charge is 0.508 e. The first-order chi connectivity index (χ1) is 12.3. The molecule has 0 unspecified atom stereocenters. The van der Waals surface area contributed by atoms with Gasteiger partial charge < -0.3 is 14.4 Å². The van der Waals surface area contributed by atoms with E-state index in [0.717, 1.165) is 12.1 Å². The van der Waals surface area contributed by atoms with Crippen molar-refractivity contribution in [2.75, 3.05) is 6.61 Å². The van der Waals surface area contributed by atoms with E-state index in [-0.39, 0.29) is 24.6 Å². The highest BCUT2D eigenvalue weighted by molar-refractivity contribution is 5.96. The summed E-state index contributed by atoms with van der Waals surface area (Å²) in [7, 11) is 0. The van der Waals surface area contributed by atoms with E-state index in [9.17, 15) is 23.1 Å². The van der Waals surface area contributed by atoms with E-state index >= 15 is 0 Å². The number of ether oxygens (including phenoxy) is 1. The predicted molar refractivity (Wildman–Crippen MR) is 90.1 cm³/mol. The Hall–Kier alpha value is -2.96. The molecule has 0 atom stereocenters. The molecule has 0 fully saturated rings. The van der Waals surface area contributed by atoms with E-state index in [1.807, 2.05) is 0 Å². The number of phenolic OH excluding ortho intramolecular Hbond substituents is 1. The normalized spacial score (nSPS) is 11.7. The SMILES string of the molecule is CCOC(=O)c1cc2ccc(O)cc2n1Cc1cccc(C(F)(F)F)c1. The number of carbonyl (C=O) groups is 1. The van der Waals surface area contributed by atoms with E-state index in [4.69, 9.17) is 4.74 Å². The van der Waals surface area contributed by atoms with Gasteiger partial charge in [0.15, 0.2) is 0 Å². The van der Waals surface area contributed by atoms with Crippen molar-refractivity contribution in [3.05, 3.63) is 65.4 Å². The third-order valence-corrected chi connectivity index (χ3v) is 3.97. The number of aromatic nitrogens is 1. The number of aromatic hydroxyl groups is 1. The number of halogens is 3. The zero-order valence-corrected chi connectivity index (χ0v) is 13.9. The van der Waals surface area contributed by atoms with Crippen LogP contribution in [0.2, 0.25) is 0 Å². The molecule has 0 spiro atoms. The molecule has 0 radical (unpaired) electrons. The van der Waals surface area contributed by atoms with Crippen LogP contribution in [0.15, 0.2) is 48.5 Å². The first kappa shape index (κ1) is 17.8. The van der Waals surface area contributed by atoms with Crippen LogP contribution in [-0.4, -0.2) is 22.2 Å². The van der Waals surface area contributed by atoms with E-state index in [1.54, 1.807) is 29.7 Å². The van der Waals surface area contributed by atoms with Crippen molar-refractivity contribution >= 4 is 16.9 Å². The summed E-state index contributed by atoms with van der Waals surface area (Å²) < 4.78 is 45.4. The second-order valence-electron chi connectivity index (χ2n) is 5.78. The zero-order chi connectivity index (χ0) is 18.9. The Morgan fingerprint density at radius 1 is 1.15 bits per heavy atom. The molecule has 1 N–H and O–H groups in total. The minimum atomic E-state index is -4.45. The lowest BCUT2D eigenvalue weighted by molar-refractivity contribution is -0.137. The standard InChI is InChI=1S/C19H16F3NO3/c1-2-26-18(25)17-9-13-6-7-15(24)10-16(13)23(17)11-12-4-3-5-14(8-12)19(20,21)22/h3-10,24H,2,11H2,1H3. The van der Waals surface area contributed by atoms with Gasteiger partial charge in [0.05, 0.1) is 17.7 Å². The number of benzene rings is 2. The Kier molecular flexibility index (Phi) is 4.63. The summed E-state index contributed by atoms with van der Waals surface area (Å²) >= 11 is 0. The maximum absolute atomic E-state index is 12.9. The molecule has 0 aliphatic rings.